The molecule has 18 heavy (non-hydrogen) atoms. The zero-order chi connectivity index (χ0) is 13.7. The minimum absolute atomic E-state index is 0.452. The molecule has 0 heterocycles. The smallest absolute Gasteiger partial charge is 0.325 e. The van der Waals surface area contributed by atoms with Gasteiger partial charge in [0.2, 0.25) is 0 Å². The van der Waals surface area contributed by atoms with Gasteiger partial charge in [-0.05, 0) is 38.5 Å². The first kappa shape index (κ1) is 14.0. The van der Waals surface area contributed by atoms with Crippen molar-refractivity contribution in [2.45, 2.75) is 32.9 Å². The van der Waals surface area contributed by atoms with Crippen molar-refractivity contribution < 1.29 is 19.4 Å². The van der Waals surface area contributed by atoms with Crippen LogP contribution < -0.4 is 10.1 Å². The number of carbonyl (C=O) groups is 2. The molecular weight excluding hydrogens is 234 g/mol. The third-order valence-electron chi connectivity index (χ3n) is 2.40. The van der Waals surface area contributed by atoms with Crippen LogP contribution in [0.4, 0.5) is 0 Å². The molecule has 0 radical (unpaired) electrons. The van der Waals surface area contributed by atoms with E-state index in [1.807, 2.05) is 25.1 Å². The molecule has 1 rings (SSSR count). The van der Waals surface area contributed by atoms with Gasteiger partial charge >= 0.3 is 5.97 Å². The van der Waals surface area contributed by atoms with Gasteiger partial charge in [0.25, 0.3) is 5.91 Å². The Morgan fingerprint density at radius 3 is 2.56 bits per heavy atom. The maximum Gasteiger partial charge on any atom is 0.325 e. The number of carboxylic acid groups (broad SMARTS) is 1. The lowest BCUT2D eigenvalue weighted by molar-refractivity contribution is -0.142. The molecule has 0 fully saturated rings. The number of nitrogens with one attached hydrogen (secondary N) is 1. The van der Waals surface area contributed by atoms with Gasteiger partial charge in [0.05, 0.1) is 0 Å². The highest BCUT2D eigenvalue weighted by atomic mass is 16.5. The molecule has 5 heteroatoms. The van der Waals surface area contributed by atoms with Gasteiger partial charge in [-0.25, -0.2) is 0 Å². The average molecular weight is 251 g/mol. The normalized spacial score (nSPS) is 13.5. The molecule has 0 aromatic heterocycles. The fourth-order valence-electron chi connectivity index (χ4n) is 1.34. The summed E-state index contributed by atoms with van der Waals surface area (Å²) >= 11 is 0. The van der Waals surface area contributed by atoms with Gasteiger partial charge in [0.15, 0.2) is 6.10 Å². The van der Waals surface area contributed by atoms with Gasteiger partial charge < -0.3 is 15.2 Å². The van der Waals surface area contributed by atoms with Gasteiger partial charge in [-0.15, -0.1) is 0 Å². The third kappa shape index (κ3) is 4.08. The van der Waals surface area contributed by atoms with Crippen LogP contribution in [-0.2, 0) is 9.59 Å². The molecule has 1 aromatic rings. The number of aryl methyl sites for hydroxylation is 1. The number of amides is 1. The molecule has 2 N–H and O–H groups in total. The number of carboxylic acids is 1. The molecular formula is C13H17NO4. The number of carbonyl (C=O) groups excluding carboxylic acids is 1. The van der Waals surface area contributed by atoms with E-state index in [4.69, 9.17) is 9.84 Å². The first-order chi connectivity index (χ1) is 8.40. The van der Waals surface area contributed by atoms with Crippen LogP contribution in [0.1, 0.15) is 19.4 Å². The monoisotopic (exact) mass is 251 g/mol. The zero-order valence-electron chi connectivity index (χ0n) is 10.6. The summed E-state index contributed by atoms with van der Waals surface area (Å²) in [6.07, 6.45) is -0.742. The number of benzene rings is 1. The van der Waals surface area contributed by atoms with E-state index >= 15 is 0 Å². The van der Waals surface area contributed by atoms with Crippen molar-refractivity contribution in [3.8, 4) is 5.75 Å². The summed E-state index contributed by atoms with van der Waals surface area (Å²) in [7, 11) is 0. The number of rotatable bonds is 5. The molecule has 0 aliphatic carbocycles. The van der Waals surface area contributed by atoms with Crippen LogP contribution >= 0.6 is 0 Å². The average Bonchev–Trinajstić information content (AvgIpc) is 2.28. The van der Waals surface area contributed by atoms with E-state index in [0.717, 1.165) is 5.56 Å². The van der Waals surface area contributed by atoms with E-state index in [1.165, 1.54) is 6.92 Å². The third-order valence-corrected chi connectivity index (χ3v) is 2.40. The highest BCUT2D eigenvalue weighted by Gasteiger charge is 2.20. The van der Waals surface area contributed by atoms with Crippen LogP contribution in [0.5, 0.6) is 5.75 Å². The minimum Gasteiger partial charge on any atom is -0.481 e. The van der Waals surface area contributed by atoms with Crippen molar-refractivity contribution in [1.82, 2.24) is 5.32 Å². The van der Waals surface area contributed by atoms with E-state index in [2.05, 4.69) is 5.32 Å². The Bertz CT molecular complexity index is 444. The van der Waals surface area contributed by atoms with Gasteiger partial charge in [0, 0.05) is 0 Å². The van der Waals surface area contributed by atoms with E-state index in [1.54, 1.807) is 13.0 Å². The molecule has 1 unspecified atom stereocenters. The summed E-state index contributed by atoms with van der Waals surface area (Å²) in [4.78, 5) is 22.3. The van der Waals surface area contributed by atoms with E-state index < -0.39 is 24.0 Å². The van der Waals surface area contributed by atoms with Crippen molar-refractivity contribution in [3.63, 3.8) is 0 Å². The highest BCUT2D eigenvalue weighted by Crippen LogP contribution is 2.14. The quantitative estimate of drug-likeness (QED) is 0.828. The second-order valence-corrected chi connectivity index (χ2v) is 4.15. The van der Waals surface area contributed by atoms with E-state index in [0.29, 0.717) is 5.75 Å². The summed E-state index contributed by atoms with van der Waals surface area (Å²) in [5.74, 6) is -0.946. The maximum absolute atomic E-state index is 11.6. The largest absolute Gasteiger partial charge is 0.481 e. The Kier molecular flexibility index (Phi) is 4.71. The summed E-state index contributed by atoms with van der Waals surface area (Å²) in [5.41, 5.74) is 1.03. The van der Waals surface area contributed by atoms with E-state index in [9.17, 15) is 9.59 Å². The summed E-state index contributed by atoms with van der Waals surface area (Å²) in [6, 6.07) is 6.38. The minimum atomic E-state index is -1.08. The number of hydrogen-bond donors (Lipinski definition) is 2. The molecule has 0 saturated heterocycles. The zero-order valence-corrected chi connectivity index (χ0v) is 10.6. The molecule has 0 aliphatic heterocycles. The molecule has 98 valence electrons. The van der Waals surface area contributed by atoms with Crippen molar-refractivity contribution in [2.24, 2.45) is 0 Å². The van der Waals surface area contributed by atoms with Gasteiger partial charge in [0.1, 0.15) is 11.8 Å². The molecule has 2 atom stereocenters. The molecule has 5 nitrogen and oxygen atoms in total. The van der Waals surface area contributed by atoms with Gasteiger partial charge in [-0.3, -0.25) is 9.59 Å². The molecule has 0 saturated carbocycles. The lowest BCUT2D eigenvalue weighted by atomic mass is 10.2. The first-order valence-corrected chi connectivity index (χ1v) is 5.66. The van der Waals surface area contributed by atoms with E-state index in [-0.39, 0.29) is 0 Å². The Morgan fingerprint density at radius 2 is 2.00 bits per heavy atom. The topological polar surface area (TPSA) is 75.6 Å². The molecule has 0 aliphatic rings. The second kappa shape index (κ2) is 6.05. The van der Waals surface area contributed by atoms with Crippen LogP contribution in [0.25, 0.3) is 0 Å². The predicted octanol–water partition coefficient (Wildman–Crippen LogP) is 1.35. The molecule has 0 spiro atoms. The predicted molar refractivity (Wildman–Crippen MR) is 66.5 cm³/mol. The fourth-order valence-corrected chi connectivity index (χ4v) is 1.34. The number of ether oxygens (including phenoxy) is 1. The van der Waals surface area contributed by atoms with Gasteiger partial charge in [-0.1, -0.05) is 12.1 Å². The number of hydrogen-bond acceptors (Lipinski definition) is 3. The van der Waals surface area contributed by atoms with Crippen LogP contribution in [0, 0.1) is 6.92 Å². The lowest BCUT2D eigenvalue weighted by Crippen LogP contribution is -2.44. The Labute approximate surface area is 106 Å². The van der Waals surface area contributed by atoms with Crippen LogP contribution in [0.3, 0.4) is 0 Å². The molecule has 1 amide bonds. The molecule has 0 bridgehead atoms. The second-order valence-electron chi connectivity index (χ2n) is 4.15. The maximum atomic E-state index is 11.6. The fraction of sp³-hybridized carbons (Fsp3) is 0.385. The Balaban J connectivity index is 2.57. The first-order valence-electron chi connectivity index (χ1n) is 5.66. The van der Waals surface area contributed by atoms with Crippen LogP contribution in [-0.4, -0.2) is 29.1 Å². The van der Waals surface area contributed by atoms with Crippen molar-refractivity contribution in [3.05, 3.63) is 29.8 Å². The molecule has 1 aromatic carbocycles. The number of aliphatic carboxylic acids is 1. The van der Waals surface area contributed by atoms with Crippen LogP contribution in [0.15, 0.2) is 24.3 Å². The lowest BCUT2D eigenvalue weighted by Gasteiger charge is -2.16. The SMILES string of the molecule is Cc1cccc(OC(C)C(=O)N[C@@H](C)C(=O)O)c1. The Hall–Kier alpha value is -2.04. The van der Waals surface area contributed by atoms with Gasteiger partial charge in [-0.2, -0.15) is 0 Å². The van der Waals surface area contributed by atoms with Crippen molar-refractivity contribution >= 4 is 11.9 Å². The summed E-state index contributed by atoms with van der Waals surface area (Å²) in [5, 5.41) is 11.0. The van der Waals surface area contributed by atoms with Crippen molar-refractivity contribution in [2.75, 3.05) is 0 Å². The summed E-state index contributed by atoms with van der Waals surface area (Å²) in [6.45, 7) is 4.90. The Morgan fingerprint density at radius 1 is 1.33 bits per heavy atom. The standard InChI is InChI=1S/C13H17NO4/c1-8-5-4-6-11(7-8)18-10(3)12(15)14-9(2)13(16)17/h4-7,9-10H,1-3H3,(H,14,15)(H,16,17)/t9-,10?/m0/s1. The summed E-state index contributed by atoms with van der Waals surface area (Å²) < 4.78 is 5.43. The highest BCUT2D eigenvalue weighted by molar-refractivity contribution is 5.86. The van der Waals surface area contributed by atoms with Crippen LogP contribution in [0.2, 0.25) is 0 Å². The van der Waals surface area contributed by atoms with Crippen molar-refractivity contribution in [1.29, 1.82) is 0 Å².